The first-order chi connectivity index (χ1) is 17.6. The number of hydrogen-bond acceptors (Lipinski definition) is 4. The summed E-state index contributed by atoms with van der Waals surface area (Å²) in [6.45, 7) is 4.20. The molecule has 0 bridgehead atoms. The van der Waals surface area contributed by atoms with Crippen LogP contribution in [0.25, 0.3) is 0 Å². The lowest BCUT2D eigenvalue weighted by atomic mass is 9.84. The molecule has 36 heavy (non-hydrogen) atoms. The average molecular weight is 508 g/mol. The molecule has 3 aliphatic heterocycles. The van der Waals surface area contributed by atoms with Crippen LogP contribution in [0.2, 0.25) is 0 Å². The van der Waals surface area contributed by atoms with Crippen molar-refractivity contribution in [2.45, 2.75) is 41.5 Å². The lowest BCUT2D eigenvalue weighted by molar-refractivity contribution is -0.172. The van der Waals surface area contributed by atoms with Crippen LogP contribution in [-0.2, 0) is 20.0 Å². The molecule has 3 aromatic rings. The maximum Gasteiger partial charge on any atom is 0.195 e. The highest BCUT2D eigenvalue weighted by molar-refractivity contribution is 8.01. The minimum atomic E-state index is -0.757. The van der Waals surface area contributed by atoms with E-state index in [2.05, 4.69) is 29.2 Å². The van der Waals surface area contributed by atoms with Crippen molar-refractivity contribution in [1.82, 2.24) is 4.90 Å². The Morgan fingerprint density at radius 1 is 0.833 bits per heavy atom. The Kier molecular flexibility index (Phi) is 6.63. The average Bonchev–Trinajstić information content (AvgIpc) is 3.51. The van der Waals surface area contributed by atoms with E-state index < -0.39 is 5.79 Å². The quantitative estimate of drug-likeness (QED) is 0.367. The fraction of sp³-hybridized carbons (Fsp3) is 0.400. The molecule has 0 amide bonds. The summed E-state index contributed by atoms with van der Waals surface area (Å²) in [6, 6.07) is 22.3. The van der Waals surface area contributed by atoms with E-state index in [1.165, 1.54) is 28.8 Å². The zero-order valence-electron chi connectivity index (χ0n) is 20.3. The van der Waals surface area contributed by atoms with Crippen molar-refractivity contribution in [3.63, 3.8) is 0 Å². The number of rotatable bonds is 6. The zero-order chi connectivity index (χ0) is 24.6. The molecule has 3 nitrogen and oxygen atoms in total. The van der Waals surface area contributed by atoms with E-state index in [0.29, 0.717) is 13.2 Å². The second-order valence-corrected chi connectivity index (χ2v) is 11.5. The molecule has 0 N–H and O–H groups in total. The highest BCUT2D eigenvalue weighted by Crippen LogP contribution is 2.61. The molecule has 0 aliphatic carbocycles. The summed E-state index contributed by atoms with van der Waals surface area (Å²) in [7, 11) is 0. The number of thioether (sulfide) groups is 1. The minimum absolute atomic E-state index is 0.110. The molecule has 1 atom stereocenters. The number of nitrogens with zero attached hydrogens (tertiary/aromatic N) is 1. The SMILES string of the molecule is Fc1ccc(C2SC3(CCN(CCCC4(c5ccc(F)cc5)OCCO4)CC3)c3ccccc32)cc1. The molecule has 1 spiro atoms. The standard InChI is InChI=1S/C30H31F2NO2S/c31-24-10-6-22(7-11-24)28-26-4-1-2-5-27(26)29(36-28)15-18-33(19-16-29)17-3-14-30(34-20-21-35-30)23-8-12-25(32)13-9-23/h1-2,4-13,28H,3,14-21H2. The first kappa shape index (κ1) is 24.1. The Labute approximate surface area is 215 Å². The molecule has 3 aliphatic rings. The molecule has 0 radical (unpaired) electrons. The monoisotopic (exact) mass is 507 g/mol. The lowest BCUT2D eigenvalue weighted by Crippen LogP contribution is -2.41. The van der Waals surface area contributed by atoms with E-state index in [0.717, 1.165) is 50.9 Å². The molecule has 2 fully saturated rings. The number of halogens is 2. The summed E-state index contributed by atoms with van der Waals surface area (Å²) in [5.41, 5.74) is 4.90. The van der Waals surface area contributed by atoms with Crippen LogP contribution in [0.3, 0.4) is 0 Å². The Bertz CT molecular complexity index is 1190. The van der Waals surface area contributed by atoms with Gasteiger partial charge in [0.1, 0.15) is 11.6 Å². The lowest BCUT2D eigenvalue weighted by Gasteiger charge is -2.40. The van der Waals surface area contributed by atoms with Gasteiger partial charge >= 0.3 is 0 Å². The van der Waals surface area contributed by atoms with Crippen molar-refractivity contribution < 1.29 is 18.3 Å². The van der Waals surface area contributed by atoms with Gasteiger partial charge in [0.2, 0.25) is 0 Å². The summed E-state index contributed by atoms with van der Waals surface area (Å²) >= 11 is 2.05. The van der Waals surface area contributed by atoms with Crippen LogP contribution < -0.4 is 0 Å². The second kappa shape index (κ2) is 9.90. The van der Waals surface area contributed by atoms with Gasteiger partial charge in [-0.1, -0.05) is 48.5 Å². The molecular weight excluding hydrogens is 476 g/mol. The van der Waals surface area contributed by atoms with Gasteiger partial charge in [-0.2, -0.15) is 0 Å². The van der Waals surface area contributed by atoms with Crippen molar-refractivity contribution >= 4 is 11.8 Å². The van der Waals surface area contributed by atoms with Crippen molar-refractivity contribution in [2.75, 3.05) is 32.8 Å². The first-order valence-corrected chi connectivity index (χ1v) is 13.7. The summed E-state index contributed by atoms with van der Waals surface area (Å²) < 4.78 is 39.2. The van der Waals surface area contributed by atoms with Crippen LogP contribution in [0, 0.1) is 11.6 Å². The van der Waals surface area contributed by atoms with E-state index in [-0.39, 0.29) is 21.6 Å². The molecule has 188 valence electrons. The van der Waals surface area contributed by atoms with Crippen LogP contribution in [-0.4, -0.2) is 37.7 Å². The van der Waals surface area contributed by atoms with Crippen LogP contribution in [0.4, 0.5) is 8.78 Å². The molecule has 0 saturated carbocycles. The number of piperidine rings is 1. The minimum Gasteiger partial charge on any atom is -0.343 e. The Morgan fingerprint density at radius 2 is 1.47 bits per heavy atom. The maximum absolute atomic E-state index is 13.6. The molecule has 2 saturated heterocycles. The molecule has 6 rings (SSSR count). The van der Waals surface area contributed by atoms with Crippen LogP contribution in [0.5, 0.6) is 0 Å². The Morgan fingerprint density at radius 3 is 2.17 bits per heavy atom. The van der Waals surface area contributed by atoms with Crippen LogP contribution in [0.1, 0.15) is 53.2 Å². The molecule has 3 aromatic carbocycles. The van der Waals surface area contributed by atoms with Crippen molar-refractivity contribution in [3.05, 3.63) is 107 Å². The fourth-order valence-corrected chi connectivity index (χ4v) is 7.86. The van der Waals surface area contributed by atoms with Crippen molar-refractivity contribution in [2.24, 2.45) is 0 Å². The number of likely N-dealkylation sites (tertiary alicyclic amines) is 1. The Hall–Kier alpha value is -2.25. The molecule has 0 aromatic heterocycles. The number of ether oxygens (including phenoxy) is 2. The number of hydrogen-bond donors (Lipinski definition) is 0. The van der Waals surface area contributed by atoms with E-state index in [1.54, 1.807) is 24.3 Å². The summed E-state index contributed by atoms with van der Waals surface area (Å²) in [6.07, 6.45) is 3.90. The zero-order valence-corrected chi connectivity index (χ0v) is 21.1. The first-order valence-electron chi connectivity index (χ1n) is 12.9. The van der Waals surface area contributed by atoms with Gasteiger partial charge in [-0.05, 0) is 79.9 Å². The van der Waals surface area contributed by atoms with E-state index in [9.17, 15) is 8.78 Å². The fourth-order valence-electron chi connectivity index (χ4n) is 6.05. The van der Waals surface area contributed by atoms with E-state index in [4.69, 9.17) is 9.47 Å². The second-order valence-electron chi connectivity index (χ2n) is 10.0. The number of benzene rings is 3. The summed E-state index contributed by atoms with van der Waals surface area (Å²) in [5.74, 6) is -1.19. The van der Waals surface area contributed by atoms with E-state index in [1.807, 2.05) is 23.9 Å². The van der Waals surface area contributed by atoms with Gasteiger partial charge in [0.05, 0.1) is 18.5 Å². The normalized spacial score (nSPS) is 22.7. The van der Waals surface area contributed by atoms with Gasteiger partial charge < -0.3 is 14.4 Å². The highest BCUT2D eigenvalue weighted by atomic mass is 32.2. The maximum atomic E-state index is 13.6. The molecule has 6 heteroatoms. The third kappa shape index (κ3) is 4.49. The predicted molar refractivity (Wildman–Crippen MR) is 139 cm³/mol. The summed E-state index contributed by atoms with van der Waals surface area (Å²) in [4.78, 5) is 2.55. The Balaban J connectivity index is 1.10. The highest BCUT2D eigenvalue weighted by Gasteiger charge is 2.46. The predicted octanol–water partition coefficient (Wildman–Crippen LogP) is 6.77. The van der Waals surface area contributed by atoms with Gasteiger partial charge in [0, 0.05) is 16.7 Å². The number of fused-ring (bicyclic) bond motifs is 2. The molecule has 1 unspecified atom stereocenters. The van der Waals surface area contributed by atoms with Gasteiger partial charge in [-0.25, -0.2) is 8.78 Å². The van der Waals surface area contributed by atoms with Crippen molar-refractivity contribution in [1.29, 1.82) is 0 Å². The van der Waals surface area contributed by atoms with Gasteiger partial charge in [0.25, 0.3) is 0 Å². The summed E-state index contributed by atoms with van der Waals surface area (Å²) in [5, 5.41) is 0.251. The smallest absolute Gasteiger partial charge is 0.195 e. The topological polar surface area (TPSA) is 21.7 Å². The van der Waals surface area contributed by atoms with Gasteiger partial charge in [0.15, 0.2) is 5.79 Å². The van der Waals surface area contributed by atoms with E-state index >= 15 is 0 Å². The third-order valence-corrected chi connectivity index (χ3v) is 9.77. The molecular formula is C30H31F2NO2S. The third-order valence-electron chi connectivity index (χ3n) is 7.93. The van der Waals surface area contributed by atoms with Crippen LogP contribution >= 0.6 is 11.8 Å². The van der Waals surface area contributed by atoms with Crippen molar-refractivity contribution in [3.8, 4) is 0 Å². The van der Waals surface area contributed by atoms with Gasteiger partial charge in [-0.15, -0.1) is 11.8 Å². The largest absolute Gasteiger partial charge is 0.343 e. The van der Waals surface area contributed by atoms with Gasteiger partial charge in [-0.3, -0.25) is 0 Å². The van der Waals surface area contributed by atoms with Crippen LogP contribution in [0.15, 0.2) is 72.8 Å². The molecule has 3 heterocycles.